The first-order chi connectivity index (χ1) is 9.97. The van der Waals surface area contributed by atoms with Gasteiger partial charge in [0.25, 0.3) is 5.56 Å². The molecule has 1 aromatic heterocycles. The largest absolute Gasteiger partial charge is 0.468 e. The SMILES string of the molecule is C=Cc1ccc2c(=O)n(CC(=O)OC)nc(C(C)C)c2c1. The summed E-state index contributed by atoms with van der Waals surface area (Å²) in [5, 5.41) is 5.68. The third-order valence-corrected chi connectivity index (χ3v) is 3.30. The Morgan fingerprint density at radius 1 is 1.43 bits per heavy atom. The van der Waals surface area contributed by atoms with Gasteiger partial charge in [-0.3, -0.25) is 9.59 Å². The van der Waals surface area contributed by atoms with Crippen molar-refractivity contribution in [3.63, 3.8) is 0 Å². The summed E-state index contributed by atoms with van der Waals surface area (Å²) >= 11 is 0. The van der Waals surface area contributed by atoms with E-state index >= 15 is 0 Å². The van der Waals surface area contributed by atoms with Crippen molar-refractivity contribution in [2.24, 2.45) is 0 Å². The van der Waals surface area contributed by atoms with Crippen LogP contribution >= 0.6 is 0 Å². The summed E-state index contributed by atoms with van der Waals surface area (Å²) in [5.74, 6) is -0.376. The van der Waals surface area contributed by atoms with Crippen LogP contribution in [0.4, 0.5) is 0 Å². The van der Waals surface area contributed by atoms with Crippen LogP contribution in [0.25, 0.3) is 16.8 Å². The Balaban J connectivity index is 2.75. The average molecular weight is 286 g/mol. The second kappa shape index (κ2) is 5.91. The molecular formula is C16H18N2O3. The van der Waals surface area contributed by atoms with E-state index in [4.69, 9.17) is 0 Å². The molecule has 0 aliphatic rings. The number of aromatic nitrogens is 2. The summed E-state index contributed by atoms with van der Waals surface area (Å²) in [7, 11) is 1.29. The molecular weight excluding hydrogens is 268 g/mol. The van der Waals surface area contributed by atoms with Crippen LogP contribution in [0, 0.1) is 0 Å². The Labute approximate surface area is 122 Å². The predicted octanol–water partition coefficient (Wildman–Crippen LogP) is 2.34. The molecule has 0 spiro atoms. The molecule has 1 aromatic carbocycles. The molecule has 5 heteroatoms. The van der Waals surface area contributed by atoms with Gasteiger partial charge in [-0.15, -0.1) is 0 Å². The Morgan fingerprint density at radius 3 is 2.71 bits per heavy atom. The maximum absolute atomic E-state index is 12.4. The van der Waals surface area contributed by atoms with Gasteiger partial charge in [-0.2, -0.15) is 5.10 Å². The van der Waals surface area contributed by atoms with Gasteiger partial charge >= 0.3 is 5.97 Å². The van der Waals surface area contributed by atoms with E-state index in [0.29, 0.717) is 5.39 Å². The van der Waals surface area contributed by atoms with E-state index in [2.05, 4.69) is 16.4 Å². The highest BCUT2D eigenvalue weighted by atomic mass is 16.5. The number of carbonyl (C=O) groups excluding carboxylic acids is 1. The summed E-state index contributed by atoms with van der Waals surface area (Å²) < 4.78 is 5.77. The van der Waals surface area contributed by atoms with Crippen LogP contribution in [0.15, 0.2) is 29.6 Å². The van der Waals surface area contributed by atoms with Gasteiger partial charge in [0, 0.05) is 5.39 Å². The maximum Gasteiger partial charge on any atom is 0.327 e. The van der Waals surface area contributed by atoms with Gasteiger partial charge in [0.15, 0.2) is 0 Å². The number of fused-ring (bicyclic) bond motifs is 1. The zero-order valence-corrected chi connectivity index (χ0v) is 12.4. The Kier molecular flexibility index (Phi) is 4.21. The lowest BCUT2D eigenvalue weighted by molar-refractivity contribution is -0.141. The van der Waals surface area contributed by atoms with Crippen molar-refractivity contribution in [1.82, 2.24) is 9.78 Å². The number of methoxy groups -OCH3 is 1. The van der Waals surface area contributed by atoms with Gasteiger partial charge in [0.2, 0.25) is 0 Å². The molecule has 0 aliphatic heterocycles. The molecule has 0 N–H and O–H groups in total. The highest BCUT2D eigenvalue weighted by Gasteiger charge is 2.15. The topological polar surface area (TPSA) is 61.2 Å². The molecule has 0 atom stereocenters. The first-order valence-corrected chi connectivity index (χ1v) is 6.72. The van der Waals surface area contributed by atoms with Crippen molar-refractivity contribution >= 4 is 22.8 Å². The summed E-state index contributed by atoms with van der Waals surface area (Å²) in [4.78, 5) is 23.8. The number of hydrogen-bond acceptors (Lipinski definition) is 4. The lowest BCUT2D eigenvalue weighted by Crippen LogP contribution is -2.28. The second-order valence-electron chi connectivity index (χ2n) is 5.09. The number of nitrogens with zero attached hydrogens (tertiary/aromatic N) is 2. The molecule has 0 fully saturated rings. The van der Waals surface area contributed by atoms with Gasteiger partial charge in [-0.25, -0.2) is 4.68 Å². The van der Waals surface area contributed by atoms with Crippen LogP contribution in [0.2, 0.25) is 0 Å². The van der Waals surface area contributed by atoms with E-state index < -0.39 is 5.97 Å². The summed E-state index contributed by atoms with van der Waals surface area (Å²) in [6.07, 6.45) is 1.73. The smallest absolute Gasteiger partial charge is 0.327 e. The third kappa shape index (κ3) is 2.86. The first kappa shape index (κ1) is 15.0. The normalized spacial score (nSPS) is 10.9. The van der Waals surface area contributed by atoms with E-state index in [1.807, 2.05) is 26.0 Å². The van der Waals surface area contributed by atoms with E-state index in [9.17, 15) is 9.59 Å². The Bertz CT molecular complexity index is 760. The Morgan fingerprint density at radius 2 is 2.14 bits per heavy atom. The fourth-order valence-corrected chi connectivity index (χ4v) is 2.18. The molecule has 2 aromatic rings. The fraction of sp³-hybridized carbons (Fsp3) is 0.312. The van der Waals surface area contributed by atoms with Crippen molar-refractivity contribution in [3.05, 3.63) is 46.4 Å². The number of carbonyl (C=O) groups is 1. The van der Waals surface area contributed by atoms with E-state index in [1.54, 1.807) is 12.1 Å². The molecule has 0 saturated carbocycles. The summed E-state index contributed by atoms with van der Waals surface area (Å²) in [6, 6.07) is 5.47. The molecule has 2 rings (SSSR count). The molecule has 0 saturated heterocycles. The van der Waals surface area contributed by atoms with E-state index in [0.717, 1.165) is 21.3 Å². The van der Waals surface area contributed by atoms with Crippen molar-refractivity contribution in [2.75, 3.05) is 7.11 Å². The average Bonchev–Trinajstić information content (AvgIpc) is 2.48. The van der Waals surface area contributed by atoms with Crippen LogP contribution in [-0.4, -0.2) is 22.9 Å². The number of hydrogen-bond donors (Lipinski definition) is 0. The zero-order valence-electron chi connectivity index (χ0n) is 12.4. The number of esters is 1. The van der Waals surface area contributed by atoms with Crippen LogP contribution < -0.4 is 5.56 Å². The summed E-state index contributed by atoms with van der Waals surface area (Å²) in [5.41, 5.74) is 1.41. The van der Waals surface area contributed by atoms with Crippen LogP contribution in [0.5, 0.6) is 0 Å². The third-order valence-electron chi connectivity index (χ3n) is 3.30. The highest BCUT2D eigenvalue weighted by Crippen LogP contribution is 2.22. The highest BCUT2D eigenvalue weighted by molar-refractivity contribution is 5.86. The van der Waals surface area contributed by atoms with Gasteiger partial charge in [0.1, 0.15) is 6.54 Å². The summed E-state index contributed by atoms with van der Waals surface area (Å²) in [6.45, 7) is 7.54. The van der Waals surface area contributed by atoms with E-state index in [1.165, 1.54) is 7.11 Å². The standard InChI is InChI=1S/C16H18N2O3/c1-5-11-6-7-12-13(8-11)15(10(2)3)17-18(16(12)20)9-14(19)21-4/h5-8,10H,1,9H2,2-4H3. The van der Waals surface area contributed by atoms with Crippen LogP contribution in [0.1, 0.15) is 31.0 Å². The number of ether oxygens (including phenoxy) is 1. The van der Waals surface area contributed by atoms with Gasteiger partial charge in [-0.05, 0) is 23.6 Å². The molecule has 0 unspecified atom stereocenters. The minimum Gasteiger partial charge on any atom is -0.468 e. The molecule has 0 aliphatic carbocycles. The van der Waals surface area contributed by atoms with Crippen molar-refractivity contribution < 1.29 is 9.53 Å². The predicted molar refractivity (Wildman–Crippen MR) is 82.2 cm³/mol. The van der Waals surface area contributed by atoms with Crippen molar-refractivity contribution in [2.45, 2.75) is 26.3 Å². The second-order valence-corrected chi connectivity index (χ2v) is 5.09. The molecule has 1 heterocycles. The zero-order chi connectivity index (χ0) is 15.6. The molecule has 110 valence electrons. The van der Waals surface area contributed by atoms with Crippen molar-refractivity contribution in [3.8, 4) is 0 Å². The molecule has 0 bridgehead atoms. The fourth-order valence-electron chi connectivity index (χ4n) is 2.18. The number of benzene rings is 1. The first-order valence-electron chi connectivity index (χ1n) is 6.72. The lowest BCUT2D eigenvalue weighted by atomic mass is 10.0. The quantitative estimate of drug-likeness (QED) is 0.809. The minimum absolute atomic E-state index is 0.122. The molecule has 0 radical (unpaired) electrons. The lowest BCUT2D eigenvalue weighted by Gasteiger charge is -2.13. The molecule has 21 heavy (non-hydrogen) atoms. The van der Waals surface area contributed by atoms with E-state index in [-0.39, 0.29) is 18.0 Å². The maximum atomic E-state index is 12.4. The van der Waals surface area contributed by atoms with Gasteiger partial charge in [0.05, 0.1) is 18.2 Å². The molecule has 5 nitrogen and oxygen atoms in total. The van der Waals surface area contributed by atoms with Crippen LogP contribution in [-0.2, 0) is 16.1 Å². The van der Waals surface area contributed by atoms with Crippen LogP contribution in [0.3, 0.4) is 0 Å². The minimum atomic E-state index is -0.499. The Hall–Kier alpha value is -2.43. The van der Waals surface area contributed by atoms with Gasteiger partial charge in [-0.1, -0.05) is 32.6 Å². The monoisotopic (exact) mass is 286 g/mol. The molecule has 0 amide bonds. The van der Waals surface area contributed by atoms with Gasteiger partial charge < -0.3 is 4.74 Å². The van der Waals surface area contributed by atoms with Crippen molar-refractivity contribution in [1.29, 1.82) is 0 Å². The number of rotatable bonds is 4.